The van der Waals surface area contributed by atoms with E-state index in [2.05, 4.69) is 0 Å². The highest BCUT2D eigenvalue weighted by molar-refractivity contribution is 6.00. The van der Waals surface area contributed by atoms with Crippen molar-refractivity contribution in [2.75, 3.05) is 13.7 Å². The monoisotopic (exact) mass is 277 g/mol. The number of carbonyl (C=O) groups is 2. The van der Waals surface area contributed by atoms with Gasteiger partial charge in [-0.25, -0.2) is 9.69 Å². The number of hydrogen-bond acceptors (Lipinski definition) is 8. The van der Waals surface area contributed by atoms with Crippen molar-refractivity contribution in [3.05, 3.63) is 0 Å². The van der Waals surface area contributed by atoms with Gasteiger partial charge in [-0.05, 0) is 0 Å². The minimum atomic E-state index is -1.62. The molecule has 9 heteroatoms. The van der Waals surface area contributed by atoms with Crippen LogP contribution in [0.15, 0.2) is 0 Å². The van der Waals surface area contributed by atoms with Gasteiger partial charge in [0.05, 0.1) is 6.61 Å². The minimum Gasteiger partial charge on any atom is -0.433 e. The first-order chi connectivity index (χ1) is 8.88. The molecule has 0 saturated carbocycles. The van der Waals surface area contributed by atoms with Crippen molar-refractivity contribution in [3.8, 4) is 0 Å². The first kappa shape index (κ1) is 14.2. The van der Waals surface area contributed by atoms with Crippen LogP contribution in [0, 0.1) is 0 Å². The maximum absolute atomic E-state index is 11.7. The molecule has 6 atom stereocenters. The fraction of sp³-hybridized carbons (Fsp3) is 0.800. The normalized spacial score (nSPS) is 43.5. The predicted molar refractivity (Wildman–Crippen MR) is 56.8 cm³/mol. The number of rotatable bonds is 2. The number of aliphatic hydroxyl groups excluding tert-OH is 4. The highest BCUT2D eigenvalue weighted by Gasteiger charge is 2.53. The van der Waals surface area contributed by atoms with Crippen LogP contribution in [0.25, 0.3) is 0 Å². The van der Waals surface area contributed by atoms with Gasteiger partial charge in [0.25, 0.3) is 5.91 Å². The largest absolute Gasteiger partial charge is 0.433 e. The summed E-state index contributed by atoms with van der Waals surface area (Å²) in [5.41, 5.74) is 0. The molecule has 9 nitrogen and oxygen atoms in total. The Bertz CT molecular complexity index is 386. The minimum absolute atomic E-state index is 0.619. The lowest BCUT2D eigenvalue weighted by Crippen LogP contribution is -2.62. The molecule has 0 aromatic rings. The van der Waals surface area contributed by atoms with Crippen LogP contribution < -0.4 is 0 Å². The first-order valence-electron chi connectivity index (χ1n) is 5.67. The van der Waals surface area contributed by atoms with Crippen LogP contribution in [0.3, 0.4) is 0 Å². The summed E-state index contributed by atoms with van der Waals surface area (Å²) < 4.78 is 9.90. The highest BCUT2D eigenvalue weighted by Crippen LogP contribution is 2.27. The number of cyclic esters (lactones) is 1. The Morgan fingerprint density at radius 3 is 2.26 bits per heavy atom. The number of likely N-dealkylation sites (N-methyl/N-ethyl adjacent to an activating group) is 1. The van der Waals surface area contributed by atoms with Gasteiger partial charge in [-0.2, -0.15) is 0 Å². The van der Waals surface area contributed by atoms with Gasteiger partial charge >= 0.3 is 6.09 Å². The summed E-state index contributed by atoms with van der Waals surface area (Å²) in [6.45, 7) is -0.619. The van der Waals surface area contributed by atoms with Crippen molar-refractivity contribution < 1.29 is 39.5 Å². The molecule has 2 aliphatic heterocycles. The van der Waals surface area contributed by atoms with E-state index < -0.39 is 55.2 Å². The Kier molecular flexibility index (Phi) is 3.74. The SMILES string of the molecule is CN1C(=O)OC(C2OC(CO)C(O)C(O)C2O)C1=O. The maximum atomic E-state index is 11.7. The highest BCUT2D eigenvalue weighted by atomic mass is 16.6. The number of hydrogen-bond donors (Lipinski definition) is 4. The van der Waals surface area contributed by atoms with E-state index in [1.165, 1.54) is 7.05 Å². The molecule has 2 rings (SSSR count). The Morgan fingerprint density at radius 2 is 1.79 bits per heavy atom. The smallest absolute Gasteiger partial charge is 0.417 e. The zero-order valence-electron chi connectivity index (χ0n) is 10.0. The van der Waals surface area contributed by atoms with Crippen molar-refractivity contribution in [2.45, 2.75) is 36.6 Å². The Labute approximate surface area is 107 Å². The zero-order valence-corrected chi connectivity index (χ0v) is 10.0. The predicted octanol–water partition coefficient (Wildman–Crippen LogP) is -3.19. The average Bonchev–Trinajstić information content (AvgIpc) is 2.64. The summed E-state index contributed by atoms with van der Waals surface area (Å²) in [4.78, 5) is 23.7. The zero-order chi connectivity index (χ0) is 14.3. The number of nitrogens with zero attached hydrogens (tertiary/aromatic N) is 1. The van der Waals surface area contributed by atoms with Gasteiger partial charge in [0, 0.05) is 7.05 Å². The summed E-state index contributed by atoms with van der Waals surface area (Å²) in [7, 11) is 1.20. The van der Waals surface area contributed by atoms with Gasteiger partial charge in [-0.1, -0.05) is 0 Å². The van der Waals surface area contributed by atoms with E-state index in [4.69, 9.17) is 14.6 Å². The second-order valence-corrected chi connectivity index (χ2v) is 4.50. The third kappa shape index (κ3) is 2.19. The van der Waals surface area contributed by atoms with Gasteiger partial charge in [0.1, 0.15) is 30.5 Å². The topological polar surface area (TPSA) is 137 Å². The summed E-state index contributed by atoms with van der Waals surface area (Å²) in [6, 6.07) is 0. The van der Waals surface area contributed by atoms with Crippen LogP contribution in [-0.4, -0.2) is 87.6 Å². The van der Waals surface area contributed by atoms with Crippen molar-refractivity contribution in [1.29, 1.82) is 0 Å². The lowest BCUT2D eigenvalue weighted by Gasteiger charge is -2.40. The molecule has 2 saturated heterocycles. The van der Waals surface area contributed by atoms with Crippen molar-refractivity contribution in [3.63, 3.8) is 0 Å². The van der Waals surface area contributed by atoms with E-state index in [9.17, 15) is 24.9 Å². The molecule has 0 spiro atoms. The van der Waals surface area contributed by atoms with E-state index in [-0.39, 0.29) is 0 Å². The van der Waals surface area contributed by atoms with Gasteiger partial charge < -0.3 is 29.9 Å². The number of ether oxygens (including phenoxy) is 2. The molecule has 6 unspecified atom stereocenters. The molecule has 2 aliphatic rings. The van der Waals surface area contributed by atoms with Crippen molar-refractivity contribution in [2.24, 2.45) is 0 Å². The van der Waals surface area contributed by atoms with Crippen molar-refractivity contribution in [1.82, 2.24) is 4.90 Å². The fourth-order valence-corrected chi connectivity index (χ4v) is 2.11. The molecular formula is C10H15NO8. The molecular weight excluding hydrogens is 262 g/mol. The van der Waals surface area contributed by atoms with Crippen molar-refractivity contribution >= 4 is 12.0 Å². The van der Waals surface area contributed by atoms with Gasteiger partial charge in [0.15, 0.2) is 0 Å². The summed E-state index contributed by atoms with van der Waals surface area (Å²) in [5, 5.41) is 38.0. The summed E-state index contributed by atoms with van der Waals surface area (Å²) in [6.07, 6.45) is -9.58. The number of amides is 2. The molecule has 2 fully saturated rings. The van der Waals surface area contributed by atoms with Crippen LogP contribution in [0.4, 0.5) is 4.79 Å². The molecule has 108 valence electrons. The van der Waals surface area contributed by atoms with Gasteiger partial charge in [-0.15, -0.1) is 0 Å². The van der Waals surface area contributed by atoms with E-state index in [0.717, 1.165) is 0 Å². The lowest BCUT2D eigenvalue weighted by atomic mass is 9.92. The van der Waals surface area contributed by atoms with Crippen LogP contribution in [0.1, 0.15) is 0 Å². The van der Waals surface area contributed by atoms with Crippen LogP contribution in [-0.2, 0) is 14.3 Å². The number of carbonyl (C=O) groups excluding carboxylic acids is 2. The average molecular weight is 277 g/mol. The summed E-state index contributed by atoms with van der Waals surface area (Å²) in [5.74, 6) is -0.727. The summed E-state index contributed by atoms with van der Waals surface area (Å²) >= 11 is 0. The van der Waals surface area contributed by atoms with Crippen LogP contribution in [0.5, 0.6) is 0 Å². The van der Waals surface area contributed by atoms with Gasteiger partial charge in [-0.3, -0.25) is 4.79 Å². The van der Waals surface area contributed by atoms with Crippen LogP contribution in [0.2, 0.25) is 0 Å². The van der Waals surface area contributed by atoms with E-state index >= 15 is 0 Å². The van der Waals surface area contributed by atoms with Gasteiger partial charge in [0.2, 0.25) is 6.10 Å². The first-order valence-corrected chi connectivity index (χ1v) is 5.67. The van der Waals surface area contributed by atoms with E-state index in [0.29, 0.717) is 4.90 Å². The Morgan fingerprint density at radius 1 is 1.16 bits per heavy atom. The molecule has 0 radical (unpaired) electrons. The fourth-order valence-electron chi connectivity index (χ4n) is 2.11. The Balaban J connectivity index is 2.20. The van der Waals surface area contributed by atoms with E-state index in [1.807, 2.05) is 0 Å². The third-order valence-electron chi connectivity index (χ3n) is 3.30. The third-order valence-corrected chi connectivity index (χ3v) is 3.30. The number of aliphatic hydroxyl groups is 4. The maximum Gasteiger partial charge on any atom is 0.417 e. The molecule has 19 heavy (non-hydrogen) atoms. The second kappa shape index (κ2) is 5.02. The van der Waals surface area contributed by atoms with E-state index in [1.54, 1.807) is 0 Å². The second-order valence-electron chi connectivity index (χ2n) is 4.50. The molecule has 0 aromatic carbocycles. The Hall–Kier alpha value is -1.26. The van der Waals surface area contributed by atoms with Crippen LogP contribution >= 0.6 is 0 Å². The molecule has 0 aliphatic carbocycles. The lowest BCUT2D eigenvalue weighted by molar-refractivity contribution is -0.244. The standard InChI is InChI=1S/C10H15NO8/c1-11-9(16)8(19-10(11)17)7-6(15)5(14)4(13)3(2-12)18-7/h3-8,12-15H,2H2,1H3. The number of imide groups is 1. The molecule has 2 heterocycles. The quantitative estimate of drug-likeness (QED) is 0.414. The molecule has 0 aromatic heterocycles. The molecule has 0 bridgehead atoms. The molecule has 4 N–H and O–H groups in total. The molecule has 2 amide bonds.